The Kier molecular flexibility index (Phi) is 19.6. The van der Waals surface area contributed by atoms with Gasteiger partial charge in [-0.05, 0) is 35.0 Å². The molecule has 0 aliphatic carbocycles. The zero-order valence-corrected chi connectivity index (χ0v) is 26.2. The van der Waals surface area contributed by atoms with Crippen LogP contribution in [0.3, 0.4) is 0 Å². The lowest BCUT2D eigenvalue weighted by atomic mass is 9.74. The molecular weight excluding hydrogens is 506 g/mol. The number of aliphatic hydroxyl groups excluding tert-OH is 1. The molecule has 8 heteroatoms. The third-order valence-electron chi connectivity index (χ3n) is 4.49. The molecule has 2 nitrogen and oxygen atoms in total. The number of hydrogen-bond donors (Lipinski definition) is 1. The van der Waals surface area contributed by atoms with E-state index >= 15 is 0 Å². The topological polar surface area (TPSA) is 29.5 Å². The monoisotopic (exact) mass is 568 g/mol. The van der Waals surface area contributed by atoms with Crippen LogP contribution in [0.2, 0.25) is 0 Å². The zero-order valence-electron chi connectivity index (χ0n) is 26.2. The first kappa shape index (κ1) is 44.5. The second kappa shape index (κ2) is 16.7. The highest BCUT2D eigenvalue weighted by atomic mass is 19.3. The van der Waals surface area contributed by atoms with Gasteiger partial charge in [0.1, 0.15) is 6.61 Å². The van der Waals surface area contributed by atoms with Crippen LogP contribution in [0.1, 0.15) is 130 Å². The molecule has 0 bridgehead atoms. The van der Waals surface area contributed by atoms with Crippen LogP contribution >= 0.6 is 0 Å². The van der Waals surface area contributed by atoms with Crippen molar-refractivity contribution in [3.05, 3.63) is 0 Å². The molecule has 0 amide bonds. The SMILES string of the molecule is C.CC(C)(C)CC(C)(F)F.CC(C)(C)CC(F)(F)CO.CC(C)(C)CC(F)F.CC(C)(C)CC1(C)COC1. The first-order valence-electron chi connectivity index (χ1n) is 13.0. The van der Waals surface area contributed by atoms with Gasteiger partial charge in [-0.25, -0.2) is 26.3 Å². The number of ether oxygens (including phenoxy) is 1. The molecule has 0 aromatic rings. The highest BCUT2D eigenvalue weighted by Crippen LogP contribution is 2.38. The zero-order chi connectivity index (χ0) is 30.7. The van der Waals surface area contributed by atoms with E-state index in [1.807, 2.05) is 20.8 Å². The van der Waals surface area contributed by atoms with Crippen molar-refractivity contribution in [3.8, 4) is 0 Å². The smallest absolute Gasteiger partial charge is 0.271 e. The van der Waals surface area contributed by atoms with Crippen LogP contribution in [0.4, 0.5) is 26.3 Å². The Morgan fingerprint density at radius 1 is 0.684 bits per heavy atom. The van der Waals surface area contributed by atoms with E-state index in [-0.39, 0.29) is 37.5 Å². The van der Waals surface area contributed by atoms with Gasteiger partial charge in [0.25, 0.3) is 5.92 Å². The number of alkyl halides is 6. The van der Waals surface area contributed by atoms with E-state index in [2.05, 4.69) is 27.7 Å². The summed E-state index contributed by atoms with van der Waals surface area (Å²) in [4.78, 5) is 0. The summed E-state index contributed by atoms with van der Waals surface area (Å²) >= 11 is 0. The van der Waals surface area contributed by atoms with Gasteiger partial charge >= 0.3 is 0 Å². The summed E-state index contributed by atoms with van der Waals surface area (Å²) in [5.41, 5.74) is 0.0232. The lowest BCUT2D eigenvalue weighted by Crippen LogP contribution is -2.42. The molecule has 1 fully saturated rings. The second-order valence-corrected chi connectivity index (χ2v) is 15.8. The summed E-state index contributed by atoms with van der Waals surface area (Å²) < 4.78 is 77.5. The van der Waals surface area contributed by atoms with Gasteiger partial charge in [-0.3, -0.25) is 0 Å². The average Bonchev–Trinajstić information content (AvgIpc) is 2.45. The predicted molar refractivity (Wildman–Crippen MR) is 151 cm³/mol. The molecule has 1 aliphatic rings. The summed E-state index contributed by atoms with van der Waals surface area (Å²) in [6.07, 6.45) is -1.20. The van der Waals surface area contributed by atoms with Crippen LogP contribution in [0.25, 0.3) is 0 Å². The van der Waals surface area contributed by atoms with Crippen LogP contribution in [0.5, 0.6) is 0 Å². The quantitative estimate of drug-likeness (QED) is 0.334. The third-order valence-corrected chi connectivity index (χ3v) is 4.49. The summed E-state index contributed by atoms with van der Waals surface area (Å²) in [6.45, 7) is 27.0. The normalized spacial score (nSPS) is 15.9. The van der Waals surface area contributed by atoms with Gasteiger partial charge in [-0.1, -0.05) is 97.4 Å². The first-order chi connectivity index (χ1) is 15.8. The van der Waals surface area contributed by atoms with Crippen LogP contribution in [0.15, 0.2) is 0 Å². The Hall–Kier alpha value is -0.500. The number of rotatable bonds is 5. The van der Waals surface area contributed by atoms with Crippen molar-refractivity contribution in [1.82, 2.24) is 0 Å². The van der Waals surface area contributed by atoms with E-state index in [1.165, 1.54) is 6.42 Å². The maximum Gasteiger partial charge on any atom is 0.271 e. The van der Waals surface area contributed by atoms with Gasteiger partial charge in [-0.15, -0.1) is 0 Å². The highest BCUT2D eigenvalue weighted by Gasteiger charge is 2.36. The molecule has 0 saturated carbocycles. The molecule has 0 atom stereocenters. The second-order valence-electron chi connectivity index (χ2n) is 15.8. The van der Waals surface area contributed by atoms with Gasteiger partial charge in [0.15, 0.2) is 0 Å². The van der Waals surface area contributed by atoms with Crippen molar-refractivity contribution < 1.29 is 36.2 Å². The van der Waals surface area contributed by atoms with E-state index in [0.29, 0.717) is 10.8 Å². The molecule has 1 saturated heterocycles. The minimum absolute atomic E-state index is 0. The Bertz CT molecular complexity index is 547. The first-order valence-corrected chi connectivity index (χ1v) is 13.0. The van der Waals surface area contributed by atoms with Crippen LogP contribution in [0, 0.1) is 27.1 Å². The van der Waals surface area contributed by atoms with E-state index in [0.717, 1.165) is 20.1 Å². The molecule has 1 N–H and O–H groups in total. The van der Waals surface area contributed by atoms with Crippen LogP contribution < -0.4 is 0 Å². The maximum absolute atomic E-state index is 12.4. The minimum Gasteiger partial charge on any atom is -0.390 e. The third kappa shape index (κ3) is 37.7. The minimum atomic E-state index is -2.92. The Morgan fingerprint density at radius 3 is 1.11 bits per heavy atom. The Morgan fingerprint density at radius 2 is 1.05 bits per heavy atom. The van der Waals surface area contributed by atoms with Crippen LogP contribution in [-0.4, -0.2) is 43.2 Å². The predicted octanol–water partition coefficient (Wildman–Crippen LogP) is 10.9. The molecule has 38 heavy (non-hydrogen) atoms. The van der Waals surface area contributed by atoms with Crippen molar-refractivity contribution >= 4 is 0 Å². The largest absolute Gasteiger partial charge is 0.390 e. The van der Waals surface area contributed by atoms with Crippen molar-refractivity contribution in [2.45, 2.75) is 148 Å². The molecule has 236 valence electrons. The molecule has 0 aromatic carbocycles. The van der Waals surface area contributed by atoms with Gasteiger partial charge in [0.05, 0.1) is 13.2 Å². The molecule has 1 heterocycles. The highest BCUT2D eigenvalue weighted by molar-refractivity contribution is 4.85. The van der Waals surface area contributed by atoms with Crippen molar-refractivity contribution in [2.75, 3.05) is 19.8 Å². The molecule has 1 aliphatic heterocycles. The lowest BCUT2D eigenvalue weighted by molar-refractivity contribution is -0.119. The van der Waals surface area contributed by atoms with E-state index in [4.69, 9.17) is 9.84 Å². The summed E-state index contributed by atoms with van der Waals surface area (Å²) in [7, 11) is 0. The Labute approximate surface area is 231 Å². The summed E-state index contributed by atoms with van der Waals surface area (Å²) in [6, 6.07) is 0. The van der Waals surface area contributed by atoms with E-state index in [9.17, 15) is 26.3 Å². The van der Waals surface area contributed by atoms with Gasteiger partial charge in [0.2, 0.25) is 12.3 Å². The standard InChI is InChI=1S/C9H18O.C7H14F2O.C7H14F2.C6H12F2.CH4/c1-8(2,3)5-9(4)6-10-7-9;1-6(2,3)4-7(8,9)5-10;1-6(2,3)5-7(4,8)9;1-6(2,3)4-5(7)8;/h5-7H2,1-4H3;10H,4-5H2,1-3H3;5H2,1-4H3;5H,4H2,1-3H3;1H4. The summed E-state index contributed by atoms with van der Waals surface area (Å²) in [5.74, 6) is -5.43. The maximum atomic E-state index is 12.4. The van der Waals surface area contributed by atoms with E-state index in [1.54, 1.807) is 41.5 Å². The van der Waals surface area contributed by atoms with Gasteiger partial charge < -0.3 is 9.84 Å². The van der Waals surface area contributed by atoms with Crippen LogP contribution in [-0.2, 0) is 4.74 Å². The molecule has 1 rings (SSSR count). The lowest BCUT2D eigenvalue weighted by Gasteiger charge is -2.42. The molecule has 0 aromatic heterocycles. The average molecular weight is 569 g/mol. The molecule has 0 radical (unpaired) electrons. The van der Waals surface area contributed by atoms with E-state index < -0.39 is 30.3 Å². The number of aliphatic hydroxyl groups is 1. The van der Waals surface area contributed by atoms with Gasteiger partial charge in [-0.2, -0.15) is 0 Å². The molecular formula is C30H62F6O2. The van der Waals surface area contributed by atoms with Crippen molar-refractivity contribution in [3.63, 3.8) is 0 Å². The number of hydrogen-bond acceptors (Lipinski definition) is 2. The number of halogens is 6. The fourth-order valence-corrected chi connectivity index (χ4v) is 4.06. The van der Waals surface area contributed by atoms with Crippen molar-refractivity contribution in [2.24, 2.45) is 27.1 Å². The van der Waals surface area contributed by atoms with Gasteiger partial charge in [0, 0.05) is 24.7 Å². The molecule has 0 spiro atoms. The summed E-state index contributed by atoms with van der Waals surface area (Å²) in [5, 5.41) is 8.21. The Balaban J connectivity index is -0.000000202. The fourth-order valence-electron chi connectivity index (χ4n) is 4.06. The van der Waals surface area contributed by atoms with Crippen molar-refractivity contribution in [1.29, 1.82) is 0 Å². The fraction of sp³-hybridized carbons (Fsp3) is 1.00. The molecule has 0 unspecified atom stereocenters.